The van der Waals surface area contributed by atoms with Crippen LogP contribution in [0.15, 0.2) is 54.6 Å². The van der Waals surface area contributed by atoms with Gasteiger partial charge >= 0.3 is 0 Å². The third-order valence-corrected chi connectivity index (χ3v) is 5.22. The maximum atomic E-state index is 12.9. The molecule has 0 N–H and O–H groups in total. The first-order chi connectivity index (χ1) is 10.8. The Morgan fingerprint density at radius 2 is 1.73 bits per heavy atom. The smallest absolute Gasteiger partial charge is 0.254 e. The minimum Gasteiger partial charge on any atom is -0.335 e. The molecule has 2 aliphatic rings. The summed E-state index contributed by atoms with van der Waals surface area (Å²) in [5.74, 6) is 0.723. The van der Waals surface area contributed by atoms with Gasteiger partial charge in [0.05, 0.1) is 0 Å². The van der Waals surface area contributed by atoms with Crippen LogP contribution in [0.25, 0.3) is 0 Å². The average molecular weight is 291 g/mol. The zero-order valence-corrected chi connectivity index (χ0v) is 12.7. The second-order valence-electron chi connectivity index (χ2n) is 6.42. The van der Waals surface area contributed by atoms with Gasteiger partial charge in [-0.3, -0.25) is 4.79 Å². The molecule has 112 valence electrons. The van der Waals surface area contributed by atoms with Crippen molar-refractivity contribution in [2.24, 2.45) is 0 Å². The Morgan fingerprint density at radius 1 is 0.955 bits per heavy atom. The highest BCUT2D eigenvalue weighted by molar-refractivity contribution is 5.94. The van der Waals surface area contributed by atoms with E-state index in [9.17, 15) is 4.79 Å². The number of likely N-dealkylation sites (tertiary alicyclic amines) is 1. The van der Waals surface area contributed by atoms with Gasteiger partial charge in [0.15, 0.2) is 0 Å². The molecule has 0 saturated carbocycles. The minimum absolute atomic E-state index is 0.203. The van der Waals surface area contributed by atoms with Gasteiger partial charge in [-0.1, -0.05) is 42.5 Å². The molecule has 1 aliphatic heterocycles. The lowest BCUT2D eigenvalue weighted by molar-refractivity contribution is 0.0547. The summed E-state index contributed by atoms with van der Waals surface area (Å²) in [4.78, 5) is 15.0. The van der Waals surface area contributed by atoms with Crippen LogP contribution < -0.4 is 0 Å². The molecule has 22 heavy (non-hydrogen) atoms. The number of aryl methyl sites for hydroxylation is 1. The normalized spacial score (nSPS) is 23.5. The number of rotatable bonds is 1. The third-order valence-electron chi connectivity index (χ3n) is 5.22. The van der Waals surface area contributed by atoms with Crippen molar-refractivity contribution in [3.63, 3.8) is 0 Å². The van der Waals surface area contributed by atoms with Crippen LogP contribution in [0.4, 0.5) is 0 Å². The highest BCUT2D eigenvalue weighted by Gasteiger charge is 2.38. The summed E-state index contributed by atoms with van der Waals surface area (Å²) in [5.41, 5.74) is 3.78. The second-order valence-corrected chi connectivity index (χ2v) is 6.42. The Hall–Kier alpha value is -2.09. The molecule has 2 aromatic carbocycles. The highest BCUT2D eigenvalue weighted by atomic mass is 16.2. The van der Waals surface area contributed by atoms with E-state index >= 15 is 0 Å². The topological polar surface area (TPSA) is 20.3 Å². The number of nitrogens with zero attached hydrogens (tertiary/aromatic N) is 1. The van der Waals surface area contributed by atoms with Gasteiger partial charge in [0.2, 0.25) is 0 Å². The van der Waals surface area contributed by atoms with Crippen LogP contribution in [0.1, 0.15) is 46.7 Å². The van der Waals surface area contributed by atoms with Crippen molar-refractivity contribution in [1.29, 1.82) is 0 Å². The molecule has 0 radical (unpaired) electrons. The van der Waals surface area contributed by atoms with Crippen molar-refractivity contribution in [2.75, 3.05) is 6.54 Å². The highest BCUT2D eigenvalue weighted by Crippen LogP contribution is 2.40. The fourth-order valence-corrected chi connectivity index (χ4v) is 4.20. The Kier molecular flexibility index (Phi) is 3.45. The summed E-state index contributed by atoms with van der Waals surface area (Å²) in [7, 11) is 0. The number of piperidine rings is 1. The van der Waals surface area contributed by atoms with E-state index < -0.39 is 0 Å². The van der Waals surface area contributed by atoms with Crippen LogP contribution in [-0.2, 0) is 6.42 Å². The summed E-state index contributed by atoms with van der Waals surface area (Å²) >= 11 is 0. The van der Waals surface area contributed by atoms with Crippen LogP contribution in [0, 0.1) is 0 Å². The van der Waals surface area contributed by atoms with Gasteiger partial charge in [-0.15, -0.1) is 0 Å². The third kappa shape index (κ3) is 2.23. The molecule has 0 unspecified atom stereocenters. The molecule has 2 aromatic rings. The molecule has 2 atom stereocenters. The van der Waals surface area contributed by atoms with Crippen molar-refractivity contribution in [3.05, 3.63) is 71.3 Å². The maximum absolute atomic E-state index is 12.9. The Balaban J connectivity index is 1.65. The summed E-state index contributed by atoms with van der Waals surface area (Å²) in [6.45, 7) is 0.900. The SMILES string of the molecule is O=C(c1ccccc1)N1CCC[C@@H]2c3ccccc3CC[C@H]21. The van der Waals surface area contributed by atoms with Crippen molar-refractivity contribution < 1.29 is 4.79 Å². The van der Waals surface area contributed by atoms with Crippen LogP contribution in [-0.4, -0.2) is 23.4 Å². The first-order valence-corrected chi connectivity index (χ1v) is 8.28. The first-order valence-electron chi connectivity index (χ1n) is 8.28. The number of fused-ring (bicyclic) bond motifs is 3. The number of hydrogen-bond donors (Lipinski definition) is 0. The number of hydrogen-bond acceptors (Lipinski definition) is 1. The van der Waals surface area contributed by atoms with E-state index in [1.54, 1.807) is 0 Å². The van der Waals surface area contributed by atoms with E-state index in [1.165, 1.54) is 17.5 Å². The largest absolute Gasteiger partial charge is 0.335 e. The van der Waals surface area contributed by atoms with E-state index in [-0.39, 0.29) is 5.91 Å². The summed E-state index contributed by atoms with van der Waals surface area (Å²) in [5, 5.41) is 0. The van der Waals surface area contributed by atoms with Gasteiger partial charge in [0.25, 0.3) is 5.91 Å². The van der Waals surface area contributed by atoms with Gasteiger partial charge in [-0.25, -0.2) is 0 Å². The number of amides is 1. The maximum Gasteiger partial charge on any atom is 0.254 e. The summed E-state index contributed by atoms with van der Waals surface area (Å²) in [6.07, 6.45) is 4.50. The molecule has 0 spiro atoms. The number of carbonyl (C=O) groups is 1. The van der Waals surface area contributed by atoms with E-state index in [0.717, 1.165) is 31.4 Å². The quantitative estimate of drug-likeness (QED) is 0.777. The van der Waals surface area contributed by atoms with Crippen molar-refractivity contribution in [2.45, 2.75) is 37.6 Å². The standard InChI is InChI=1S/C20H21NO/c22-20(16-8-2-1-3-9-16)21-14-6-11-18-17-10-5-4-7-15(17)12-13-19(18)21/h1-5,7-10,18-19H,6,11-14H2/t18-,19-/m1/s1. The molecule has 1 aliphatic carbocycles. The summed E-state index contributed by atoms with van der Waals surface area (Å²) < 4.78 is 0. The van der Waals surface area contributed by atoms with Crippen molar-refractivity contribution in [1.82, 2.24) is 4.90 Å². The fourth-order valence-electron chi connectivity index (χ4n) is 4.20. The lowest BCUT2D eigenvalue weighted by Crippen LogP contribution is -2.49. The molecule has 2 nitrogen and oxygen atoms in total. The molecule has 0 bridgehead atoms. The molecule has 4 rings (SSSR count). The Bertz CT molecular complexity index is 679. The Labute approximate surface area is 131 Å². The first kappa shape index (κ1) is 13.6. The molecule has 1 heterocycles. The lowest BCUT2D eigenvalue weighted by Gasteiger charge is -2.45. The van der Waals surface area contributed by atoms with Crippen LogP contribution in [0.5, 0.6) is 0 Å². The average Bonchev–Trinajstić information content (AvgIpc) is 2.61. The van der Waals surface area contributed by atoms with Gasteiger partial charge in [-0.05, 0) is 48.9 Å². The number of carbonyl (C=O) groups excluding carboxylic acids is 1. The molecule has 1 saturated heterocycles. The van der Waals surface area contributed by atoms with Gasteiger partial charge in [-0.2, -0.15) is 0 Å². The van der Waals surface area contributed by atoms with Crippen molar-refractivity contribution in [3.8, 4) is 0 Å². The van der Waals surface area contributed by atoms with Crippen molar-refractivity contribution >= 4 is 5.91 Å². The summed E-state index contributed by atoms with van der Waals surface area (Å²) in [6, 6.07) is 18.9. The number of benzene rings is 2. The van der Waals surface area contributed by atoms with Gasteiger partial charge in [0, 0.05) is 24.1 Å². The van der Waals surface area contributed by atoms with Gasteiger partial charge < -0.3 is 4.90 Å². The molecular formula is C20H21NO. The van der Waals surface area contributed by atoms with E-state index in [0.29, 0.717) is 12.0 Å². The molecule has 1 amide bonds. The fraction of sp³-hybridized carbons (Fsp3) is 0.350. The Morgan fingerprint density at radius 3 is 2.59 bits per heavy atom. The molecule has 2 heteroatoms. The van der Waals surface area contributed by atoms with Gasteiger partial charge in [0.1, 0.15) is 0 Å². The van der Waals surface area contributed by atoms with E-state index in [2.05, 4.69) is 29.2 Å². The zero-order chi connectivity index (χ0) is 14.9. The second kappa shape index (κ2) is 5.60. The minimum atomic E-state index is 0.203. The van der Waals surface area contributed by atoms with Crippen LogP contribution >= 0.6 is 0 Å². The molecular weight excluding hydrogens is 270 g/mol. The lowest BCUT2D eigenvalue weighted by atomic mass is 9.74. The predicted molar refractivity (Wildman–Crippen MR) is 88.0 cm³/mol. The van der Waals surface area contributed by atoms with Crippen LogP contribution in [0.3, 0.4) is 0 Å². The van der Waals surface area contributed by atoms with E-state index in [4.69, 9.17) is 0 Å². The predicted octanol–water partition coefficient (Wildman–Crippen LogP) is 4.02. The molecule has 0 aromatic heterocycles. The van der Waals surface area contributed by atoms with Crippen LogP contribution in [0.2, 0.25) is 0 Å². The monoisotopic (exact) mass is 291 g/mol. The van der Waals surface area contributed by atoms with E-state index in [1.807, 2.05) is 30.3 Å². The molecule has 1 fully saturated rings. The zero-order valence-electron chi connectivity index (χ0n) is 12.7.